The first kappa shape index (κ1) is 13.5. The normalized spacial score (nSPS) is 11.8. The Hall–Kier alpha value is -2.50. The molecule has 0 N–H and O–H groups in total. The Labute approximate surface area is 118 Å². The number of rotatable bonds is 2. The molecule has 0 bridgehead atoms. The summed E-state index contributed by atoms with van der Waals surface area (Å²) >= 11 is 0. The van der Waals surface area contributed by atoms with Gasteiger partial charge < -0.3 is 9.14 Å². The number of ether oxygens (including phenoxy) is 1. The number of alkyl halides is 3. The third kappa shape index (κ3) is 2.84. The highest BCUT2D eigenvalue weighted by Crippen LogP contribution is 2.26. The van der Waals surface area contributed by atoms with Crippen molar-refractivity contribution >= 4 is 5.65 Å². The van der Waals surface area contributed by atoms with Crippen LogP contribution in [-0.2, 0) is 0 Å². The molecule has 0 atom stereocenters. The molecule has 2 aromatic heterocycles. The second kappa shape index (κ2) is 4.80. The Kier molecular flexibility index (Phi) is 3.08. The summed E-state index contributed by atoms with van der Waals surface area (Å²) in [6.45, 7) is 1.95. The topological polar surface area (TPSA) is 26.5 Å². The van der Waals surface area contributed by atoms with E-state index in [2.05, 4.69) is 9.72 Å². The van der Waals surface area contributed by atoms with Gasteiger partial charge in [-0.15, -0.1) is 13.2 Å². The van der Waals surface area contributed by atoms with Crippen molar-refractivity contribution < 1.29 is 17.9 Å². The number of aromatic nitrogens is 2. The molecule has 0 saturated carbocycles. The van der Waals surface area contributed by atoms with E-state index in [1.54, 1.807) is 12.1 Å². The van der Waals surface area contributed by atoms with Crippen molar-refractivity contribution in [3.63, 3.8) is 0 Å². The summed E-state index contributed by atoms with van der Waals surface area (Å²) in [6, 6.07) is 9.52. The first-order valence-corrected chi connectivity index (χ1v) is 6.23. The van der Waals surface area contributed by atoms with Crippen molar-refractivity contribution in [2.24, 2.45) is 0 Å². The highest BCUT2D eigenvalue weighted by molar-refractivity contribution is 5.64. The zero-order chi connectivity index (χ0) is 15.0. The van der Waals surface area contributed by atoms with Crippen LogP contribution in [0.5, 0.6) is 5.75 Å². The third-order valence-electron chi connectivity index (χ3n) is 3.06. The van der Waals surface area contributed by atoms with Gasteiger partial charge in [-0.05, 0) is 42.8 Å². The largest absolute Gasteiger partial charge is 0.573 e. The summed E-state index contributed by atoms with van der Waals surface area (Å²) in [5.74, 6) is -0.244. The van der Waals surface area contributed by atoms with E-state index in [1.165, 1.54) is 12.1 Å². The Balaban J connectivity index is 1.94. The summed E-state index contributed by atoms with van der Waals surface area (Å²) in [5.41, 5.74) is 3.28. The molecule has 3 nitrogen and oxygen atoms in total. The van der Waals surface area contributed by atoms with Gasteiger partial charge in [-0.2, -0.15) is 0 Å². The van der Waals surface area contributed by atoms with Gasteiger partial charge >= 0.3 is 6.36 Å². The average molecular weight is 292 g/mol. The summed E-state index contributed by atoms with van der Waals surface area (Å²) in [4.78, 5) is 4.49. The summed E-state index contributed by atoms with van der Waals surface area (Å²) in [6.07, 6.45) is -0.969. The fourth-order valence-electron chi connectivity index (χ4n) is 2.12. The number of nitrogens with zero attached hydrogens (tertiary/aromatic N) is 2. The lowest BCUT2D eigenvalue weighted by atomic mass is 10.2. The van der Waals surface area contributed by atoms with Gasteiger partial charge in [0.15, 0.2) is 0 Å². The van der Waals surface area contributed by atoms with E-state index in [4.69, 9.17) is 0 Å². The summed E-state index contributed by atoms with van der Waals surface area (Å²) in [5, 5.41) is 0. The standard InChI is InChI=1S/C15H11F3N2O/c1-10-3-2-8-20-9-13(19-14(10)20)11-4-6-12(7-5-11)21-15(16,17)18/h2-9H,1H3. The zero-order valence-corrected chi connectivity index (χ0v) is 11.1. The molecule has 108 valence electrons. The maximum atomic E-state index is 12.1. The van der Waals surface area contributed by atoms with Crippen LogP contribution < -0.4 is 4.74 Å². The molecule has 1 aromatic carbocycles. The molecule has 0 aliphatic heterocycles. The monoisotopic (exact) mass is 292 g/mol. The van der Waals surface area contributed by atoms with Crippen LogP contribution in [0.4, 0.5) is 13.2 Å². The fourth-order valence-corrected chi connectivity index (χ4v) is 2.12. The summed E-state index contributed by atoms with van der Waals surface area (Å²) in [7, 11) is 0. The van der Waals surface area contributed by atoms with Crippen molar-refractivity contribution in [1.82, 2.24) is 9.38 Å². The van der Waals surface area contributed by atoms with E-state index >= 15 is 0 Å². The van der Waals surface area contributed by atoms with Crippen molar-refractivity contribution in [1.29, 1.82) is 0 Å². The Morgan fingerprint density at radius 1 is 1.10 bits per heavy atom. The van der Waals surface area contributed by atoms with Crippen molar-refractivity contribution in [3.8, 4) is 17.0 Å². The molecule has 0 radical (unpaired) electrons. The highest BCUT2D eigenvalue weighted by atomic mass is 19.4. The molecule has 0 fully saturated rings. The highest BCUT2D eigenvalue weighted by Gasteiger charge is 2.30. The van der Waals surface area contributed by atoms with E-state index in [-0.39, 0.29) is 5.75 Å². The number of fused-ring (bicyclic) bond motifs is 1. The van der Waals surface area contributed by atoms with E-state index < -0.39 is 6.36 Å². The van der Waals surface area contributed by atoms with Gasteiger partial charge in [0.25, 0.3) is 0 Å². The average Bonchev–Trinajstić information content (AvgIpc) is 2.83. The van der Waals surface area contributed by atoms with Crippen LogP contribution in [0.25, 0.3) is 16.9 Å². The number of halogens is 3. The van der Waals surface area contributed by atoms with E-state index in [0.29, 0.717) is 5.69 Å². The Morgan fingerprint density at radius 3 is 2.43 bits per heavy atom. The number of pyridine rings is 1. The maximum absolute atomic E-state index is 12.1. The minimum atomic E-state index is -4.68. The predicted octanol–water partition coefficient (Wildman–Crippen LogP) is 4.21. The molecule has 0 saturated heterocycles. The first-order valence-electron chi connectivity index (χ1n) is 6.23. The molecule has 0 aliphatic carbocycles. The second-order valence-electron chi connectivity index (χ2n) is 4.62. The van der Waals surface area contributed by atoms with E-state index in [9.17, 15) is 13.2 Å². The van der Waals surface area contributed by atoms with Gasteiger partial charge in [0.2, 0.25) is 0 Å². The van der Waals surface area contributed by atoms with E-state index in [0.717, 1.165) is 16.8 Å². The summed E-state index contributed by atoms with van der Waals surface area (Å²) < 4.78 is 42.1. The smallest absolute Gasteiger partial charge is 0.406 e. The molecule has 2 heterocycles. The molecule has 0 aliphatic rings. The fraction of sp³-hybridized carbons (Fsp3) is 0.133. The van der Waals surface area contributed by atoms with Crippen LogP contribution in [0.15, 0.2) is 48.8 Å². The second-order valence-corrected chi connectivity index (χ2v) is 4.62. The lowest BCUT2D eigenvalue weighted by Crippen LogP contribution is -2.16. The van der Waals surface area contributed by atoms with Crippen molar-refractivity contribution in [3.05, 3.63) is 54.4 Å². The number of hydrogen-bond acceptors (Lipinski definition) is 2. The molecule has 21 heavy (non-hydrogen) atoms. The number of hydrogen-bond donors (Lipinski definition) is 0. The lowest BCUT2D eigenvalue weighted by molar-refractivity contribution is -0.274. The zero-order valence-electron chi connectivity index (χ0n) is 11.1. The van der Waals surface area contributed by atoms with E-state index in [1.807, 2.05) is 35.9 Å². The predicted molar refractivity (Wildman–Crippen MR) is 72.0 cm³/mol. The minimum absolute atomic E-state index is 0.244. The van der Waals surface area contributed by atoms with Gasteiger partial charge in [0, 0.05) is 18.0 Å². The molecular weight excluding hydrogens is 281 g/mol. The van der Waals surface area contributed by atoms with Crippen molar-refractivity contribution in [2.75, 3.05) is 0 Å². The number of benzene rings is 1. The van der Waals surface area contributed by atoms with Crippen molar-refractivity contribution in [2.45, 2.75) is 13.3 Å². The van der Waals surface area contributed by atoms with Gasteiger partial charge in [0.1, 0.15) is 11.4 Å². The molecule has 6 heteroatoms. The van der Waals surface area contributed by atoms with Gasteiger partial charge in [-0.1, -0.05) is 6.07 Å². The Bertz CT molecular complexity index is 776. The van der Waals surface area contributed by atoms with Crippen LogP contribution in [-0.4, -0.2) is 15.7 Å². The quantitative estimate of drug-likeness (QED) is 0.707. The molecular formula is C15H11F3N2O. The van der Waals surface area contributed by atoms with Gasteiger partial charge in [-0.3, -0.25) is 0 Å². The van der Waals surface area contributed by atoms with Crippen LogP contribution in [0.2, 0.25) is 0 Å². The molecule has 0 spiro atoms. The SMILES string of the molecule is Cc1cccn2cc(-c3ccc(OC(F)(F)F)cc3)nc12. The van der Waals surface area contributed by atoms with Crippen LogP contribution in [0, 0.1) is 6.92 Å². The van der Waals surface area contributed by atoms with Crippen LogP contribution in [0.3, 0.4) is 0 Å². The lowest BCUT2D eigenvalue weighted by Gasteiger charge is -2.08. The maximum Gasteiger partial charge on any atom is 0.573 e. The molecule has 0 amide bonds. The number of imidazole rings is 1. The third-order valence-corrected chi connectivity index (χ3v) is 3.06. The minimum Gasteiger partial charge on any atom is -0.406 e. The van der Waals surface area contributed by atoms with Gasteiger partial charge in [0.05, 0.1) is 5.69 Å². The number of aryl methyl sites for hydroxylation is 1. The van der Waals surface area contributed by atoms with Crippen LogP contribution in [0.1, 0.15) is 5.56 Å². The Morgan fingerprint density at radius 2 is 1.81 bits per heavy atom. The molecule has 0 unspecified atom stereocenters. The molecule has 3 rings (SSSR count). The van der Waals surface area contributed by atoms with Gasteiger partial charge in [-0.25, -0.2) is 4.98 Å². The first-order chi connectivity index (χ1) is 9.92. The molecule has 3 aromatic rings. The van der Waals surface area contributed by atoms with Crippen LogP contribution >= 0.6 is 0 Å².